The van der Waals surface area contributed by atoms with Crippen molar-refractivity contribution in [3.8, 4) is 0 Å². The standard InChI is InChI=1S/C16H15NO5S2/c1-2-7-22-13(18)9-17-14(19)12(24-16(17)23)8-10-3-5-11(6-4-10)15(20)21/h3-6,8H,2,7,9H2,1H3,(H,20,21)/p-1. The lowest BCUT2D eigenvalue weighted by Gasteiger charge is -2.13. The molecular weight excluding hydrogens is 350 g/mol. The highest BCUT2D eigenvalue weighted by molar-refractivity contribution is 8.26. The second kappa shape index (κ2) is 8.07. The van der Waals surface area contributed by atoms with Crippen LogP contribution in [0, 0.1) is 0 Å². The number of benzene rings is 1. The highest BCUT2D eigenvalue weighted by atomic mass is 32.2. The topological polar surface area (TPSA) is 86.7 Å². The Kier molecular flexibility index (Phi) is 6.10. The van der Waals surface area contributed by atoms with Gasteiger partial charge >= 0.3 is 5.97 Å². The molecule has 1 aliphatic heterocycles. The van der Waals surface area contributed by atoms with Crippen LogP contribution in [0.3, 0.4) is 0 Å². The lowest BCUT2D eigenvalue weighted by Crippen LogP contribution is -2.34. The van der Waals surface area contributed by atoms with E-state index in [0.717, 1.165) is 11.8 Å². The number of hydrogen-bond donors (Lipinski definition) is 0. The summed E-state index contributed by atoms with van der Waals surface area (Å²) in [6.45, 7) is 1.96. The average molecular weight is 364 g/mol. The molecule has 1 saturated heterocycles. The number of aromatic carboxylic acids is 1. The molecule has 0 saturated carbocycles. The third-order valence-corrected chi connectivity index (χ3v) is 4.45. The predicted octanol–water partition coefficient (Wildman–Crippen LogP) is 1.20. The lowest BCUT2D eigenvalue weighted by molar-refractivity contribution is -0.255. The quantitative estimate of drug-likeness (QED) is 0.426. The molecule has 0 unspecified atom stereocenters. The average Bonchev–Trinajstić information content (AvgIpc) is 2.81. The number of carboxylic acids is 1. The molecule has 1 heterocycles. The van der Waals surface area contributed by atoms with Crippen LogP contribution in [-0.4, -0.2) is 40.2 Å². The summed E-state index contributed by atoms with van der Waals surface area (Å²) in [6.07, 6.45) is 2.29. The molecule has 0 atom stereocenters. The molecule has 1 fully saturated rings. The van der Waals surface area contributed by atoms with Gasteiger partial charge < -0.3 is 14.6 Å². The van der Waals surface area contributed by atoms with Crippen LogP contribution >= 0.6 is 24.0 Å². The minimum absolute atomic E-state index is 0.0540. The maximum Gasteiger partial charge on any atom is 0.326 e. The number of rotatable bonds is 6. The molecule has 0 bridgehead atoms. The van der Waals surface area contributed by atoms with E-state index in [1.54, 1.807) is 18.2 Å². The Balaban J connectivity index is 2.09. The van der Waals surface area contributed by atoms with E-state index in [2.05, 4.69) is 0 Å². The van der Waals surface area contributed by atoms with Gasteiger partial charge in [0.1, 0.15) is 10.9 Å². The highest BCUT2D eigenvalue weighted by Gasteiger charge is 2.33. The van der Waals surface area contributed by atoms with E-state index >= 15 is 0 Å². The molecule has 126 valence electrons. The number of carboxylic acid groups (broad SMARTS) is 1. The maximum atomic E-state index is 12.3. The first-order valence-corrected chi connectivity index (χ1v) is 8.37. The number of nitrogens with zero attached hydrogens (tertiary/aromatic N) is 1. The smallest absolute Gasteiger partial charge is 0.326 e. The molecule has 0 aliphatic carbocycles. The van der Waals surface area contributed by atoms with Crippen molar-refractivity contribution in [3.05, 3.63) is 40.3 Å². The zero-order valence-electron chi connectivity index (χ0n) is 12.8. The van der Waals surface area contributed by atoms with Gasteiger partial charge in [0, 0.05) is 0 Å². The summed E-state index contributed by atoms with van der Waals surface area (Å²) in [7, 11) is 0. The first kappa shape index (κ1) is 18.2. The second-order valence-electron chi connectivity index (χ2n) is 4.90. The molecule has 1 aromatic rings. The summed E-state index contributed by atoms with van der Waals surface area (Å²) >= 11 is 6.22. The monoisotopic (exact) mass is 364 g/mol. The largest absolute Gasteiger partial charge is 0.545 e. The van der Waals surface area contributed by atoms with Crippen molar-refractivity contribution < 1.29 is 24.2 Å². The summed E-state index contributed by atoms with van der Waals surface area (Å²) < 4.78 is 5.24. The minimum atomic E-state index is -1.27. The van der Waals surface area contributed by atoms with Gasteiger partial charge in [0.15, 0.2) is 0 Å². The second-order valence-corrected chi connectivity index (χ2v) is 6.57. The molecule has 2 rings (SSSR count). The van der Waals surface area contributed by atoms with Crippen LogP contribution in [0.1, 0.15) is 29.3 Å². The molecule has 24 heavy (non-hydrogen) atoms. The van der Waals surface area contributed by atoms with E-state index < -0.39 is 11.9 Å². The van der Waals surface area contributed by atoms with Crippen molar-refractivity contribution in [3.63, 3.8) is 0 Å². The van der Waals surface area contributed by atoms with E-state index in [4.69, 9.17) is 17.0 Å². The van der Waals surface area contributed by atoms with Gasteiger partial charge in [0.25, 0.3) is 5.91 Å². The Morgan fingerprint density at radius 3 is 2.58 bits per heavy atom. The Hall–Kier alpha value is -2.19. The fraction of sp³-hybridized carbons (Fsp3) is 0.250. The highest BCUT2D eigenvalue weighted by Crippen LogP contribution is 2.32. The number of hydrogen-bond acceptors (Lipinski definition) is 7. The van der Waals surface area contributed by atoms with Crippen molar-refractivity contribution >= 4 is 52.2 Å². The predicted molar refractivity (Wildman–Crippen MR) is 91.9 cm³/mol. The lowest BCUT2D eigenvalue weighted by atomic mass is 10.1. The molecule has 6 nitrogen and oxygen atoms in total. The summed E-state index contributed by atoms with van der Waals surface area (Å²) in [5.74, 6) is -2.14. The zero-order chi connectivity index (χ0) is 17.7. The van der Waals surface area contributed by atoms with E-state index in [9.17, 15) is 19.5 Å². The van der Waals surface area contributed by atoms with Crippen LogP contribution in [0.15, 0.2) is 29.2 Å². The van der Waals surface area contributed by atoms with Crippen molar-refractivity contribution in [2.24, 2.45) is 0 Å². The van der Waals surface area contributed by atoms with Crippen molar-refractivity contribution in [2.45, 2.75) is 13.3 Å². The molecular formula is C16H14NO5S2-. The Labute approximate surface area is 148 Å². The maximum absolute atomic E-state index is 12.3. The van der Waals surface area contributed by atoms with Crippen LogP contribution in [-0.2, 0) is 14.3 Å². The van der Waals surface area contributed by atoms with Crippen LogP contribution in [0.2, 0.25) is 0 Å². The number of ether oxygens (including phenoxy) is 1. The van der Waals surface area contributed by atoms with E-state index in [0.29, 0.717) is 23.5 Å². The van der Waals surface area contributed by atoms with Gasteiger partial charge in [-0.15, -0.1) is 0 Å². The van der Waals surface area contributed by atoms with Gasteiger partial charge in [0.2, 0.25) is 0 Å². The number of thiocarbonyl (C=S) groups is 1. The minimum Gasteiger partial charge on any atom is -0.545 e. The van der Waals surface area contributed by atoms with Crippen molar-refractivity contribution in [2.75, 3.05) is 13.2 Å². The number of amides is 1. The number of thioether (sulfide) groups is 1. The van der Waals surface area contributed by atoms with Gasteiger partial charge in [-0.1, -0.05) is 55.2 Å². The molecule has 1 amide bonds. The summed E-state index contributed by atoms with van der Waals surface area (Å²) in [4.78, 5) is 36.3. The Morgan fingerprint density at radius 2 is 2.00 bits per heavy atom. The fourth-order valence-corrected chi connectivity index (χ4v) is 3.15. The molecule has 1 aliphatic rings. The van der Waals surface area contributed by atoms with Gasteiger partial charge in [0.05, 0.1) is 17.5 Å². The Bertz CT molecular complexity index is 712. The molecule has 0 aromatic heterocycles. The molecule has 0 N–H and O–H groups in total. The third kappa shape index (κ3) is 4.42. The van der Waals surface area contributed by atoms with Gasteiger partial charge in [-0.2, -0.15) is 0 Å². The zero-order valence-corrected chi connectivity index (χ0v) is 14.4. The van der Waals surface area contributed by atoms with Gasteiger partial charge in [-0.05, 0) is 23.6 Å². The van der Waals surface area contributed by atoms with Crippen LogP contribution in [0.25, 0.3) is 6.08 Å². The first-order chi connectivity index (χ1) is 11.4. The third-order valence-electron chi connectivity index (χ3n) is 3.07. The first-order valence-electron chi connectivity index (χ1n) is 7.14. The molecule has 1 aromatic carbocycles. The van der Waals surface area contributed by atoms with Gasteiger partial charge in [-0.3, -0.25) is 14.5 Å². The van der Waals surface area contributed by atoms with Crippen molar-refractivity contribution in [1.82, 2.24) is 4.90 Å². The van der Waals surface area contributed by atoms with Crippen LogP contribution < -0.4 is 5.11 Å². The van der Waals surface area contributed by atoms with Gasteiger partial charge in [-0.25, -0.2) is 0 Å². The number of esters is 1. The van der Waals surface area contributed by atoms with Crippen molar-refractivity contribution in [1.29, 1.82) is 0 Å². The SMILES string of the molecule is CCCOC(=O)CN1C(=O)C(=Cc2ccc(C(=O)[O-])cc2)SC1=S. The number of carbonyl (C=O) groups excluding carboxylic acids is 3. The van der Waals surface area contributed by atoms with E-state index in [-0.39, 0.29) is 22.3 Å². The molecule has 0 spiro atoms. The fourth-order valence-electron chi connectivity index (χ4n) is 1.89. The molecule has 0 radical (unpaired) electrons. The van der Waals surface area contributed by atoms with Crippen LogP contribution in [0.4, 0.5) is 0 Å². The van der Waals surface area contributed by atoms with E-state index in [1.165, 1.54) is 17.0 Å². The Morgan fingerprint density at radius 1 is 1.33 bits per heavy atom. The van der Waals surface area contributed by atoms with E-state index in [1.807, 2.05) is 6.92 Å². The summed E-state index contributed by atoms with van der Waals surface area (Å²) in [5.41, 5.74) is 0.701. The summed E-state index contributed by atoms with van der Waals surface area (Å²) in [6, 6.07) is 5.91. The molecule has 8 heteroatoms. The van der Waals surface area contributed by atoms with Crippen LogP contribution in [0.5, 0.6) is 0 Å². The number of carbonyl (C=O) groups is 3. The normalized spacial score (nSPS) is 15.9. The summed E-state index contributed by atoms with van der Waals surface area (Å²) in [5, 5.41) is 10.7.